The number of anilines is 3. The third-order valence-corrected chi connectivity index (χ3v) is 6.92. The maximum atomic E-state index is 13.4. The van der Waals surface area contributed by atoms with Crippen LogP contribution in [0.1, 0.15) is 32.0 Å². The average molecular weight is 608 g/mol. The Hall–Kier alpha value is -5.42. The maximum Gasteiger partial charge on any atom is 0.324 e. The fourth-order valence-corrected chi connectivity index (χ4v) is 4.56. The van der Waals surface area contributed by atoms with Crippen LogP contribution in [-0.4, -0.2) is 47.1 Å². The van der Waals surface area contributed by atoms with Crippen LogP contribution in [0.5, 0.6) is 11.5 Å². The third-order valence-electron chi connectivity index (χ3n) is 6.92. The second-order valence-corrected chi connectivity index (χ2v) is 11.5. The first-order valence-electron chi connectivity index (χ1n) is 14.6. The molecule has 0 saturated heterocycles. The zero-order valence-corrected chi connectivity index (χ0v) is 26.0. The van der Waals surface area contributed by atoms with Crippen molar-refractivity contribution >= 4 is 40.2 Å². The van der Waals surface area contributed by atoms with Crippen LogP contribution in [0.25, 0.3) is 16.5 Å². The van der Waals surface area contributed by atoms with Crippen molar-refractivity contribution in [3.8, 4) is 17.2 Å². The smallest absolute Gasteiger partial charge is 0.324 e. The summed E-state index contributed by atoms with van der Waals surface area (Å²) in [6.45, 7) is 9.05. The SMILES string of the molecule is COCCNC(=O)Nc1cc(Oc2ccc(NC(=O)Nc3cc(C(C)(C)C)nn3-c3ccc(C)cc3)c3ccccc23)ccn1. The number of hydrogen-bond acceptors (Lipinski definition) is 6. The quantitative estimate of drug-likeness (QED) is 0.131. The van der Waals surface area contributed by atoms with Crippen LogP contribution >= 0.6 is 0 Å². The highest BCUT2D eigenvalue weighted by Crippen LogP contribution is 2.35. The van der Waals surface area contributed by atoms with Crippen LogP contribution in [-0.2, 0) is 10.2 Å². The molecule has 2 aromatic heterocycles. The molecule has 11 nitrogen and oxygen atoms in total. The first-order valence-corrected chi connectivity index (χ1v) is 14.6. The molecule has 11 heteroatoms. The minimum Gasteiger partial charge on any atom is -0.457 e. The molecule has 5 aromatic rings. The van der Waals surface area contributed by atoms with E-state index in [1.807, 2.05) is 61.5 Å². The highest BCUT2D eigenvalue weighted by Gasteiger charge is 2.22. The largest absolute Gasteiger partial charge is 0.457 e. The number of pyridine rings is 1. The molecule has 0 spiro atoms. The third kappa shape index (κ3) is 7.76. The Labute approximate surface area is 262 Å². The van der Waals surface area contributed by atoms with Gasteiger partial charge in [-0.15, -0.1) is 0 Å². The molecular formula is C34H37N7O4. The molecule has 0 saturated carbocycles. The summed E-state index contributed by atoms with van der Waals surface area (Å²) in [5.74, 6) is 1.95. The monoisotopic (exact) mass is 607 g/mol. The number of rotatable bonds is 9. The Kier molecular flexibility index (Phi) is 9.29. The Morgan fingerprint density at radius 2 is 1.62 bits per heavy atom. The zero-order chi connectivity index (χ0) is 32.0. The number of amides is 4. The molecule has 45 heavy (non-hydrogen) atoms. The number of hydrogen-bond donors (Lipinski definition) is 4. The summed E-state index contributed by atoms with van der Waals surface area (Å²) in [4.78, 5) is 29.7. The lowest BCUT2D eigenvalue weighted by Gasteiger charge is -2.15. The number of methoxy groups -OCH3 is 1. The summed E-state index contributed by atoms with van der Waals surface area (Å²) in [6.07, 6.45) is 1.55. The maximum absolute atomic E-state index is 13.4. The van der Waals surface area contributed by atoms with Gasteiger partial charge in [0.25, 0.3) is 0 Å². The van der Waals surface area contributed by atoms with Gasteiger partial charge in [-0.2, -0.15) is 5.10 Å². The fraction of sp³-hybridized carbons (Fsp3) is 0.235. The van der Waals surface area contributed by atoms with Crippen molar-refractivity contribution in [3.05, 3.63) is 96.3 Å². The lowest BCUT2D eigenvalue weighted by atomic mass is 9.92. The number of nitrogens with one attached hydrogen (secondary N) is 4. The van der Waals surface area contributed by atoms with Crippen LogP contribution in [0, 0.1) is 6.92 Å². The lowest BCUT2D eigenvalue weighted by molar-refractivity contribution is 0.198. The molecule has 0 fully saturated rings. The Balaban J connectivity index is 1.35. The molecule has 5 rings (SSSR count). The van der Waals surface area contributed by atoms with Crippen molar-refractivity contribution in [1.82, 2.24) is 20.1 Å². The van der Waals surface area contributed by atoms with Gasteiger partial charge in [0.1, 0.15) is 23.1 Å². The van der Waals surface area contributed by atoms with Crippen molar-refractivity contribution in [2.75, 3.05) is 36.2 Å². The van der Waals surface area contributed by atoms with Crippen LogP contribution in [0.3, 0.4) is 0 Å². The molecule has 0 bridgehead atoms. The minimum atomic E-state index is -0.406. The van der Waals surface area contributed by atoms with E-state index in [4.69, 9.17) is 14.6 Å². The molecule has 4 amide bonds. The molecule has 2 heterocycles. The van der Waals surface area contributed by atoms with Gasteiger partial charge < -0.3 is 20.1 Å². The van der Waals surface area contributed by atoms with E-state index in [0.29, 0.717) is 42.0 Å². The van der Waals surface area contributed by atoms with Crippen molar-refractivity contribution in [2.24, 2.45) is 0 Å². The second kappa shape index (κ2) is 13.5. The van der Waals surface area contributed by atoms with Crippen molar-refractivity contribution in [1.29, 1.82) is 0 Å². The number of ether oxygens (including phenoxy) is 2. The lowest BCUT2D eigenvalue weighted by Crippen LogP contribution is -2.31. The van der Waals surface area contributed by atoms with Gasteiger partial charge in [-0.25, -0.2) is 19.3 Å². The van der Waals surface area contributed by atoms with E-state index in [0.717, 1.165) is 27.7 Å². The van der Waals surface area contributed by atoms with Gasteiger partial charge in [0.05, 0.1) is 23.7 Å². The molecule has 0 aliphatic carbocycles. The summed E-state index contributed by atoms with van der Waals surface area (Å²) < 4.78 is 12.9. The van der Waals surface area contributed by atoms with Gasteiger partial charge in [-0.05, 0) is 37.3 Å². The van der Waals surface area contributed by atoms with Gasteiger partial charge >= 0.3 is 12.1 Å². The highest BCUT2D eigenvalue weighted by molar-refractivity contribution is 6.07. The zero-order valence-electron chi connectivity index (χ0n) is 26.0. The molecule has 232 valence electrons. The fourth-order valence-electron chi connectivity index (χ4n) is 4.56. The number of carbonyl (C=O) groups excluding carboxylic acids is 2. The van der Waals surface area contributed by atoms with Gasteiger partial charge in [-0.3, -0.25) is 10.6 Å². The topological polar surface area (TPSA) is 131 Å². The molecule has 3 aromatic carbocycles. The van der Waals surface area contributed by atoms with E-state index >= 15 is 0 Å². The van der Waals surface area contributed by atoms with Gasteiger partial charge in [-0.1, -0.05) is 62.7 Å². The van der Waals surface area contributed by atoms with Crippen LogP contribution in [0.2, 0.25) is 0 Å². The van der Waals surface area contributed by atoms with Crippen LogP contribution in [0.15, 0.2) is 85.1 Å². The molecule has 4 N–H and O–H groups in total. The van der Waals surface area contributed by atoms with E-state index in [1.54, 1.807) is 42.3 Å². The average Bonchev–Trinajstić information content (AvgIpc) is 3.43. The number of aromatic nitrogens is 3. The number of fused-ring (bicyclic) bond motifs is 1. The van der Waals surface area contributed by atoms with Crippen molar-refractivity contribution in [3.63, 3.8) is 0 Å². The molecule has 0 aliphatic rings. The van der Waals surface area contributed by atoms with Crippen molar-refractivity contribution < 1.29 is 19.1 Å². The number of nitrogens with zero attached hydrogens (tertiary/aromatic N) is 3. The van der Waals surface area contributed by atoms with Gasteiger partial charge in [0.2, 0.25) is 0 Å². The Morgan fingerprint density at radius 1 is 0.867 bits per heavy atom. The first-order chi connectivity index (χ1) is 21.6. The minimum absolute atomic E-state index is 0.211. The van der Waals surface area contributed by atoms with E-state index in [2.05, 4.69) is 47.0 Å². The van der Waals surface area contributed by atoms with Crippen molar-refractivity contribution in [2.45, 2.75) is 33.1 Å². The Morgan fingerprint density at radius 3 is 2.36 bits per heavy atom. The van der Waals surface area contributed by atoms with Gasteiger partial charge in [0.15, 0.2) is 0 Å². The summed E-state index contributed by atoms with van der Waals surface area (Å²) in [5, 5.41) is 17.7. The summed E-state index contributed by atoms with van der Waals surface area (Å²) in [7, 11) is 1.56. The first kappa shape index (κ1) is 31.0. The Bertz CT molecular complexity index is 1810. The predicted octanol–water partition coefficient (Wildman–Crippen LogP) is 7.23. The summed E-state index contributed by atoms with van der Waals surface area (Å²) >= 11 is 0. The summed E-state index contributed by atoms with van der Waals surface area (Å²) in [5.41, 5.74) is 3.23. The van der Waals surface area contributed by atoms with Gasteiger partial charge in [0, 0.05) is 48.2 Å². The predicted molar refractivity (Wildman–Crippen MR) is 177 cm³/mol. The van der Waals surface area contributed by atoms with E-state index in [1.165, 1.54) is 0 Å². The van der Waals surface area contributed by atoms with E-state index in [9.17, 15) is 9.59 Å². The number of aryl methyl sites for hydroxylation is 1. The van der Waals surface area contributed by atoms with E-state index in [-0.39, 0.29) is 5.41 Å². The number of urea groups is 2. The number of benzene rings is 3. The normalized spacial score (nSPS) is 11.2. The number of carbonyl (C=O) groups is 2. The highest BCUT2D eigenvalue weighted by atomic mass is 16.5. The molecule has 0 aliphatic heterocycles. The summed E-state index contributed by atoms with van der Waals surface area (Å²) in [6, 6.07) is 23.6. The van der Waals surface area contributed by atoms with Crippen LogP contribution < -0.4 is 26.0 Å². The second-order valence-electron chi connectivity index (χ2n) is 11.5. The molecule has 0 atom stereocenters. The standard InChI is InChI=1S/C34H37N7O4/c1-22-10-12-23(13-11-22)41-31(21-29(40-41)34(2,3)4)39-33(43)37-27-14-15-28(26-9-7-6-8-25(26)27)45-24-16-17-35-30(20-24)38-32(42)36-18-19-44-5/h6-17,20-21H,18-19H2,1-5H3,(H2,37,39,43)(H2,35,36,38,42). The van der Waals surface area contributed by atoms with E-state index < -0.39 is 12.1 Å². The van der Waals surface area contributed by atoms with Crippen LogP contribution in [0.4, 0.5) is 26.9 Å². The molecule has 0 unspecified atom stereocenters. The molecule has 0 radical (unpaired) electrons. The molecular weight excluding hydrogens is 570 g/mol.